The lowest BCUT2D eigenvalue weighted by molar-refractivity contribution is 0.0940. The average molecular weight is 553 g/mol. The van der Waals surface area contributed by atoms with Crippen molar-refractivity contribution in [2.75, 3.05) is 18.0 Å². The van der Waals surface area contributed by atoms with Gasteiger partial charge >= 0.3 is 0 Å². The summed E-state index contributed by atoms with van der Waals surface area (Å²) in [6.45, 7) is 5.20. The SMILES string of the molecule is CC(C)NC(=O)c1ccc2c(N(C(=O)c3ccc(-n4nnc5cccnc54)cc3F)[C@@H]3CCCNC3)nccc2c1. The number of fused-ring (bicyclic) bond motifs is 2. The van der Waals surface area contributed by atoms with E-state index >= 15 is 4.39 Å². The van der Waals surface area contributed by atoms with Crippen LogP contribution in [0.2, 0.25) is 0 Å². The number of hydrogen-bond donors (Lipinski definition) is 2. The van der Waals surface area contributed by atoms with Gasteiger partial charge in [-0.2, -0.15) is 4.68 Å². The maximum Gasteiger partial charge on any atom is 0.262 e. The van der Waals surface area contributed by atoms with Gasteiger partial charge in [-0.15, -0.1) is 5.10 Å². The number of halogens is 1. The molecule has 0 aliphatic carbocycles. The zero-order valence-electron chi connectivity index (χ0n) is 22.7. The van der Waals surface area contributed by atoms with Crippen molar-refractivity contribution in [3.8, 4) is 5.69 Å². The molecule has 208 valence electrons. The molecule has 1 atom stereocenters. The van der Waals surface area contributed by atoms with E-state index in [-0.39, 0.29) is 23.6 Å². The number of nitrogens with zero attached hydrogens (tertiary/aromatic N) is 6. The van der Waals surface area contributed by atoms with Crippen LogP contribution < -0.4 is 15.5 Å². The van der Waals surface area contributed by atoms with Crippen LogP contribution in [0.15, 0.2) is 67.0 Å². The van der Waals surface area contributed by atoms with E-state index in [9.17, 15) is 9.59 Å². The molecular formula is C30H29FN8O2. The quantitative estimate of drug-likeness (QED) is 0.326. The zero-order chi connectivity index (χ0) is 28.5. The van der Waals surface area contributed by atoms with Gasteiger partial charge in [0.25, 0.3) is 11.8 Å². The van der Waals surface area contributed by atoms with E-state index in [1.165, 1.54) is 16.8 Å². The number of pyridine rings is 2. The third-order valence-corrected chi connectivity index (χ3v) is 7.14. The first-order chi connectivity index (χ1) is 19.9. The Labute approximate surface area is 235 Å². The van der Waals surface area contributed by atoms with Crippen LogP contribution in [0.4, 0.5) is 10.2 Å². The van der Waals surface area contributed by atoms with E-state index in [0.717, 1.165) is 24.8 Å². The Balaban J connectivity index is 1.40. The van der Waals surface area contributed by atoms with Gasteiger partial charge < -0.3 is 10.6 Å². The molecule has 0 bridgehead atoms. The van der Waals surface area contributed by atoms with Crippen molar-refractivity contribution in [2.45, 2.75) is 38.8 Å². The van der Waals surface area contributed by atoms with Crippen molar-refractivity contribution >= 4 is 39.6 Å². The van der Waals surface area contributed by atoms with Crippen LogP contribution in [-0.2, 0) is 0 Å². The summed E-state index contributed by atoms with van der Waals surface area (Å²) in [5.41, 5.74) is 1.90. The fraction of sp³-hybridized carbons (Fsp3) is 0.267. The highest BCUT2D eigenvalue weighted by Gasteiger charge is 2.31. The third-order valence-electron chi connectivity index (χ3n) is 7.14. The largest absolute Gasteiger partial charge is 0.350 e. The smallest absolute Gasteiger partial charge is 0.262 e. The van der Waals surface area contributed by atoms with Crippen molar-refractivity contribution in [3.05, 3.63) is 83.9 Å². The summed E-state index contributed by atoms with van der Waals surface area (Å²) in [5, 5.41) is 15.9. The first-order valence-corrected chi connectivity index (χ1v) is 13.6. The lowest BCUT2D eigenvalue weighted by atomic mass is 10.0. The van der Waals surface area contributed by atoms with Gasteiger partial charge in [0, 0.05) is 42.0 Å². The molecule has 2 N–H and O–H groups in total. The van der Waals surface area contributed by atoms with Gasteiger partial charge in [0.15, 0.2) is 5.65 Å². The molecule has 5 aromatic rings. The monoisotopic (exact) mass is 552 g/mol. The first-order valence-electron chi connectivity index (χ1n) is 13.6. The van der Waals surface area contributed by atoms with Crippen molar-refractivity contribution < 1.29 is 14.0 Å². The molecule has 0 unspecified atom stereocenters. The average Bonchev–Trinajstić information content (AvgIpc) is 3.41. The number of carbonyl (C=O) groups excluding carboxylic acids is 2. The molecule has 1 aliphatic rings. The molecule has 0 radical (unpaired) electrons. The van der Waals surface area contributed by atoms with Gasteiger partial charge in [-0.1, -0.05) is 5.21 Å². The van der Waals surface area contributed by atoms with E-state index in [0.29, 0.717) is 40.2 Å². The van der Waals surface area contributed by atoms with Gasteiger partial charge in [0.2, 0.25) is 0 Å². The van der Waals surface area contributed by atoms with Gasteiger partial charge in [-0.05, 0) is 87.2 Å². The topological polar surface area (TPSA) is 118 Å². The molecule has 1 saturated heterocycles. The highest BCUT2D eigenvalue weighted by molar-refractivity contribution is 6.11. The molecule has 10 nitrogen and oxygen atoms in total. The van der Waals surface area contributed by atoms with E-state index in [4.69, 9.17) is 0 Å². The summed E-state index contributed by atoms with van der Waals surface area (Å²) < 4.78 is 17.1. The molecule has 3 aromatic heterocycles. The van der Waals surface area contributed by atoms with Crippen molar-refractivity contribution in [3.63, 3.8) is 0 Å². The molecular weight excluding hydrogens is 523 g/mol. The molecule has 2 amide bonds. The minimum atomic E-state index is -0.686. The fourth-order valence-corrected chi connectivity index (χ4v) is 5.21. The molecule has 1 fully saturated rings. The first kappa shape index (κ1) is 26.5. The molecule has 2 aromatic carbocycles. The molecule has 11 heteroatoms. The maximum absolute atomic E-state index is 15.7. The van der Waals surface area contributed by atoms with Gasteiger partial charge in [-0.3, -0.25) is 14.5 Å². The fourth-order valence-electron chi connectivity index (χ4n) is 5.21. The predicted molar refractivity (Wildman–Crippen MR) is 154 cm³/mol. The number of piperidine rings is 1. The van der Waals surface area contributed by atoms with Crippen molar-refractivity contribution in [2.24, 2.45) is 0 Å². The Bertz CT molecular complexity index is 1760. The Morgan fingerprint density at radius 1 is 1.10 bits per heavy atom. The highest BCUT2D eigenvalue weighted by atomic mass is 19.1. The highest BCUT2D eigenvalue weighted by Crippen LogP contribution is 2.31. The molecule has 41 heavy (non-hydrogen) atoms. The summed E-state index contributed by atoms with van der Waals surface area (Å²) in [7, 11) is 0. The van der Waals surface area contributed by atoms with Crippen molar-refractivity contribution in [1.82, 2.24) is 35.6 Å². The number of nitrogens with one attached hydrogen (secondary N) is 2. The number of rotatable bonds is 6. The number of amides is 2. The number of aromatic nitrogens is 5. The number of carbonyl (C=O) groups is 2. The van der Waals surface area contributed by atoms with Crippen LogP contribution >= 0.6 is 0 Å². The summed E-state index contributed by atoms with van der Waals surface area (Å²) in [4.78, 5) is 37.2. The lowest BCUT2D eigenvalue weighted by Crippen LogP contribution is -2.49. The maximum atomic E-state index is 15.7. The molecule has 0 saturated carbocycles. The second kappa shape index (κ2) is 11.0. The van der Waals surface area contributed by atoms with E-state index in [2.05, 4.69) is 30.9 Å². The summed E-state index contributed by atoms with van der Waals surface area (Å²) in [5.74, 6) is -0.936. The summed E-state index contributed by atoms with van der Waals surface area (Å²) in [6.07, 6.45) is 4.83. The summed E-state index contributed by atoms with van der Waals surface area (Å²) >= 11 is 0. The van der Waals surface area contributed by atoms with E-state index < -0.39 is 11.7 Å². The molecule has 4 heterocycles. The van der Waals surface area contributed by atoms with Crippen LogP contribution in [0.5, 0.6) is 0 Å². The number of anilines is 1. The predicted octanol–water partition coefficient (Wildman–Crippen LogP) is 4.04. The van der Waals surface area contributed by atoms with E-state index in [1.54, 1.807) is 59.8 Å². The van der Waals surface area contributed by atoms with Gasteiger partial charge in [0.1, 0.15) is 17.2 Å². The van der Waals surface area contributed by atoms with Crippen LogP contribution in [-0.4, -0.2) is 61.9 Å². The van der Waals surface area contributed by atoms with Crippen molar-refractivity contribution in [1.29, 1.82) is 0 Å². The normalized spacial score (nSPS) is 15.4. The Kier molecular flexibility index (Phi) is 7.10. The van der Waals surface area contributed by atoms with Crippen LogP contribution in [0, 0.1) is 5.82 Å². The lowest BCUT2D eigenvalue weighted by Gasteiger charge is -2.34. The second-order valence-electron chi connectivity index (χ2n) is 10.4. The van der Waals surface area contributed by atoms with Crippen LogP contribution in [0.3, 0.4) is 0 Å². The van der Waals surface area contributed by atoms with Crippen LogP contribution in [0.1, 0.15) is 47.4 Å². The second-order valence-corrected chi connectivity index (χ2v) is 10.4. The van der Waals surface area contributed by atoms with Gasteiger partial charge in [0.05, 0.1) is 17.3 Å². The van der Waals surface area contributed by atoms with Crippen LogP contribution in [0.25, 0.3) is 27.6 Å². The number of benzene rings is 2. The summed E-state index contributed by atoms with van der Waals surface area (Å²) in [6, 6.07) is 14.8. The molecule has 1 aliphatic heterocycles. The Morgan fingerprint density at radius 2 is 1.98 bits per heavy atom. The molecule has 0 spiro atoms. The minimum Gasteiger partial charge on any atom is -0.350 e. The zero-order valence-corrected chi connectivity index (χ0v) is 22.7. The standard InChI is InChI=1S/C30H29FN8O2/c1-18(2)35-29(40)20-7-9-23-19(15-20)11-14-34-27(23)38(22-5-3-12-32-17-22)30(41)24-10-8-21(16-25(24)31)39-28-26(36-37-39)6-4-13-33-28/h4,6-11,13-16,18,22,32H,3,5,12,17H2,1-2H3,(H,35,40)/t22-/m1/s1. The minimum absolute atomic E-state index is 0.000982. The van der Waals surface area contributed by atoms with E-state index in [1.807, 2.05) is 13.8 Å². The Morgan fingerprint density at radius 3 is 2.76 bits per heavy atom. The Hall–Kier alpha value is -4.77. The number of hydrogen-bond acceptors (Lipinski definition) is 7. The van der Waals surface area contributed by atoms with Gasteiger partial charge in [-0.25, -0.2) is 14.4 Å². The third kappa shape index (κ3) is 5.11. The molecule has 6 rings (SSSR count).